The summed E-state index contributed by atoms with van der Waals surface area (Å²) in [5.41, 5.74) is 1.34. The van der Waals surface area contributed by atoms with Crippen LogP contribution < -0.4 is 9.46 Å². The fraction of sp³-hybridized carbons (Fsp3) is 0.350. The van der Waals surface area contributed by atoms with E-state index in [0.29, 0.717) is 18.7 Å². The van der Waals surface area contributed by atoms with Gasteiger partial charge in [0, 0.05) is 24.7 Å². The monoisotopic (exact) mass is 388 g/mol. The van der Waals surface area contributed by atoms with E-state index in [1.54, 1.807) is 24.1 Å². The fourth-order valence-corrected chi connectivity index (χ4v) is 4.10. The number of hydrogen-bond acceptors (Lipinski definition) is 4. The third-order valence-electron chi connectivity index (χ3n) is 4.49. The van der Waals surface area contributed by atoms with Crippen LogP contribution >= 0.6 is 0 Å². The number of nitrogens with one attached hydrogen (secondary N) is 1. The van der Waals surface area contributed by atoms with Gasteiger partial charge in [0.05, 0.1) is 12.0 Å². The molecular weight excluding hydrogens is 364 g/mol. The van der Waals surface area contributed by atoms with Gasteiger partial charge in [-0.15, -0.1) is 0 Å². The maximum atomic E-state index is 12.9. The average Bonchev–Trinajstić information content (AvgIpc) is 3.49. The maximum Gasteiger partial charge on any atom is 0.254 e. The second-order valence-corrected chi connectivity index (χ2v) is 8.30. The summed E-state index contributed by atoms with van der Waals surface area (Å²) in [5, 5.41) is 0. The Morgan fingerprint density at radius 3 is 2.48 bits per heavy atom. The second kappa shape index (κ2) is 8.10. The van der Waals surface area contributed by atoms with Crippen molar-refractivity contribution >= 4 is 15.9 Å². The van der Waals surface area contributed by atoms with Gasteiger partial charge in [-0.3, -0.25) is 4.79 Å². The zero-order valence-electron chi connectivity index (χ0n) is 15.5. The van der Waals surface area contributed by atoms with Crippen LogP contribution in [0.25, 0.3) is 0 Å². The lowest BCUT2D eigenvalue weighted by atomic mass is 10.1. The van der Waals surface area contributed by atoms with Crippen LogP contribution in [0.15, 0.2) is 53.4 Å². The van der Waals surface area contributed by atoms with Gasteiger partial charge in [-0.25, -0.2) is 13.1 Å². The second-order valence-electron chi connectivity index (χ2n) is 6.59. The van der Waals surface area contributed by atoms with Crippen LogP contribution in [-0.2, 0) is 16.6 Å². The first-order chi connectivity index (χ1) is 12.9. The van der Waals surface area contributed by atoms with Crippen LogP contribution in [0.2, 0.25) is 0 Å². The van der Waals surface area contributed by atoms with Gasteiger partial charge in [0.2, 0.25) is 10.0 Å². The Kier molecular flexibility index (Phi) is 5.82. The maximum absolute atomic E-state index is 12.9. The summed E-state index contributed by atoms with van der Waals surface area (Å²) < 4.78 is 32.6. The number of methoxy groups -OCH3 is 1. The van der Waals surface area contributed by atoms with Crippen molar-refractivity contribution in [2.45, 2.75) is 37.2 Å². The minimum Gasteiger partial charge on any atom is -0.497 e. The van der Waals surface area contributed by atoms with Gasteiger partial charge < -0.3 is 9.64 Å². The van der Waals surface area contributed by atoms with Crippen molar-refractivity contribution in [3.8, 4) is 5.75 Å². The molecular formula is C20H24N2O4S. The molecule has 1 amide bonds. The Bertz CT molecular complexity index is 906. The molecule has 0 heterocycles. The number of sulfonamides is 1. The molecule has 0 aromatic heterocycles. The third-order valence-corrected chi connectivity index (χ3v) is 6.01. The Morgan fingerprint density at radius 2 is 1.89 bits per heavy atom. The molecule has 0 saturated heterocycles. The highest BCUT2D eigenvalue weighted by atomic mass is 32.2. The van der Waals surface area contributed by atoms with E-state index in [2.05, 4.69) is 4.72 Å². The highest BCUT2D eigenvalue weighted by Crippen LogP contribution is 2.23. The Morgan fingerprint density at radius 1 is 1.19 bits per heavy atom. The molecule has 6 nitrogen and oxygen atoms in total. The summed E-state index contributed by atoms with van der Waals surface area (Å²) in [6.45, 7) is 2.86. The molecule has 27 heavy (non-hydrogen) atoms. The smallest absolute Gasteiger partial charge is 0.254 e. The van der Waals surface area contributed by atoms with Gasteiger partial charge in [-0.05, 0) is 55.7 Å². The SMILES string of the molecule is CCN(Cc1ccc(OC)cc1)C(=O)c1cccc(S(=O)(=O)NC2CC2)c1. The van der Waals surface area contributed by atoms with Crippen molar-refractivity contribution in [3.05, 3.63) is 59.7 Å². The molecule has 3 rings (SSSR count). The van der Waals surface area contributed by atoms with Crippen molar-refractivity contribution in [3.63, 3.8) is 0 Å². The largest absolute Gasteiger partial charge is 0.497 e. The summed E-state index contributed by atoms with van der Waals surface area (Å²) in [5.74, 6) is 0.561. The van der Waals surface area contributed by atoms with Gasteiger partial charge in [0.15, 0.2) is 0 Å². The number of benzene rings is 2. The summed E-state index contributed by atoms with van der Waals surface area (Å²) in [4.78, 5) is 14.7. The first kappa shape index (κ1) is 19.4. The van der Waals surface area contributed by atoms with Gasteiger partial charge >= 0.3 is 0 Å². The normalized spacial score (nSPS) is 14.0. The van der Waals surface area contributed by atoms with Crippen LogP contribution in [-0.4, -0.2) is 38.9 Å². The summed E-state index contributed by atoms with van der Waals surface area (Å²) in [7, 11) is -1.98. The molecule has 2 aromatic rings. The first-order valence-electron chi connectivity index (χ1n) is 8.97. The number of carbonyl (C=O) groups excluding carboxylic acids is 1. The Balaban J connectivity index is 1.77. The van der Waals surface area contributed by atoms with E-state index in [0.717, 1.165) is 24.2 Å². The third kappa shape index (κ3) is 4.87. The van der Waals surface area contributed by atoms with Crippen LogP contribution in [0.3, 0.4) is 0 Å². The molecule has 7 heteroatoms. The first-order valence-corrected chi connectivity index (χ1v) is 10.5. The van der Waals surface area contributed by atoms with Crippen molar-refractivity contribution < 1.29 is 17.9 Å². The predicted octanol–water partition coefficient (Wildman–Crippen LogP) is 2.80. The number of ether oxygens (including phenoxy) is 1. The van der Waals surface area contributed by atoms with Gasteiger partial charge in [-0.2, -0.15) is 0 Å². The zero-order chi connectivity index (χ0) is 19.4. The number of rotatable bonds is 8. The molecule has 2 aromatic carbocycles. The summed E-state index contributed by atoms with van der Waals surface area (Å²) in [6.07, 6.45) is 1.73. The van der Waals surface area contributed by atoms with E-state index in [-0.39, 0.29) is 16.8 Å². The molecule has 0 spiro atoms. The molecule has 0 radical (unpaired) electrons. The van der Waals surface area contributed by atoms with Crippen molar-refractivity contribution in [1.82, 2.24) is 9.62 Å². The minimum absolute atomic E-state index is 0.0246. The van der Waals surface area contributed by atoms with E-state index in [4.69, 9.17) is 4.74 Å². The molecule has 1 N–H and O–H groups in total. The van der Waals surface area contributed by atoms with E-state index in [1.165, 1.54) is 12.1 Å². The van der Waals surface area contributed by atoms with Crippen LogP contribution in [0, 0.1) is 0 Å². The zero-order valence-corrected chi connectivity index (χ0v) is 16.3. The Hall–Kier alpha value is -2.38. The lowest BCUT2D eigenvalue weighted by molar-refractivity contribution is 0.0752. The van der Waals surface area contributed by atoms with Crippen molar-refractivity contribution in [1.29, 1.82) is 0 Å². The minimum atomic E-state index is -3.59. The lowest BCUT2D eigenvalue weighted by Gasteiger charge is -2.21. The summed E-state index contributed by atoms with van der Waals surface area (Å²) >= 11 is 0. The van der Waals surface area contributed by atoms with Crippen molar-refractivity contribution in [2.75, 3.05) is 13.7 Å². The van der Waals surface area contributed by atoms with Crippen LogP contribution in [0.1, 0.15) is 35.7 Å². The molecule has 0 bridgehead atoms. The fourth-order valence-electron chi connectivity index (χ4n) is 2.75. The van der Waals surface area contributed by atoms with Crippen LogP contribution in [0.5, 0.6) is 5.75 Å². The van der Waals surface area contributed by atoms with E-state index >= 15 is 0 Å². The highest BCUT2D eigenvalue weighted by Gasteiger charge is 2.28. The highest BCUT2D eigenvalue weighted by molar-refractivity contribution is 7.89. The lowest BCUT2D eigenvalue weighted by Crippen LogP contribution is -2.31. The molecule has 0 atom stereocenters. The quantitative estimate of drug-likeness (QED) is 0.754. The molecule has 1 fully saturated rings. The Labute approximate surface area is 160 Å². The van der Waals surface area contributed by atoms with E-state index in [9.17, 15) is 13.2 Å². The van der Waals surface area contributed by atoms with Gasteiger partial charge in [0.25, 0.3) is 5.91 Å². The topological polar surface area (TPSA) is 75.7 Å². The molecule has 0 unspecified atom stereocenters. The predicted molar refractivity (Wildman–Crippen MR) is 103 cm³/mol. The average molecular weight is 388 g/mol. The number of hydrogen-bond donors (Lipinski definition) is 1. The van der Waals surface area contributed by atoms with E-state index in [1.807, 2.05) is 31.2 Å². The van der Waals surface area contributed by atoms with Crippen molar-refractivity contribution in [2.24, 2.45) is 0 Å². The van der Waals surface area contributed by atoms with Gasteiger partial charge in [0.1, 0.15) is 5.75 Å². The number of nitrogens with zero attached hydrogens (tertiary/aromatic N) is 1. The summed E-state index contributed by atoms with van der Waals surface area (Å²) in [6, 6.07) is 13.8. The van der Waals surface area contributed by atoms with Gasteiger partial charge in [-0.1, -0.05) is 18.2 Å². The van der Waals surface area contributed by atoms with Crippen LogP contribution in [0.4, 0.5) is 0 Å². The standard InChI is InChI=1S/C20H24N2O4S/c1-3-22(14-15-7-11-18(26-2)12-8-15)20(23)16-5-4-6-19(13-16)27(24,25)21-17-9-10-17/h4-8,11-13,17,21H,3,9-10,14H2,1-2H3. The number of amides is 1. The molecule has 1 aliphatic rings. The molecule has 0 aliphatic heterocycles. The number of carbonyl (C=O) groups is 1. The van der Waals surface area contributed by atoms with E-state index < -0.39 is 10.0 Å². The molecule has 1 saturated carbocycles. The molecule has 1 aliphatic carbocycles. The molecule has 144 valence electrons.